The van der Waals surface area contributed by atoms with Gasteiger partial charge in [-0.2, -0.15) is 0 Å². The van der Waals surface area contributed by atoms with Gasteiger partial charge < -0.3 is 10.2 Å². The zero-order chi connectivity index (χ0) is 9.26. The molecule has 1 N–H and O–H groups in total. The van der Waals surface area contributed by atoms with Crippen molar-refractivity contribution in [2.45, 2.75) is 32.2 Å². The summed E-state index contributed by atoms with van der Waals surface area (Å²) in [5.74, 6) is 1.08. The Kier molecular flexibility index (Phi) is 2.54. The Labute approximate surface area is 79.5 Å². The van der Waals surface area contributed by atoms with E-state index < -0.39 is 0 Å². The van der Waals surface area contributed by atoms with Crippen LogP contribution in [0.2, 0.25) is 0 Å². The smallest absolute Gasteiger partial charge is 0.222 e. The topological polar surface area (TPSA) is 32.3 Å². The number of carbonyl (C=O) groups excluding carboxylic acids is 1. The molecular weight excluding hydrogens is 164 g/mol. The van der Waals surface area contributed by atoms with Gasteiger partial charge in [-0.3, -0.25) is 4.79 Å². The Morgan fingerprint density at radius 2 is 2.38 bits per heavy atom. The lowest BCUT2D eigenvalue weighted by atomic mass is 10.1. The highest BCUT2D eigenvalue weighted by Crippen LogP contribution is 2.24. The monoisotopic (exact) mass is 182 g/mol. The van der Waals surface area contributed by atoms with Crippen molar-refractivity contribution in [2.24, 2.45) is 5.92 Å². The van der Waals surface area contributed by atoms with Crippen molar-refractivity contribution in [1.82, 2.24) is 10.2 Å². The lowest BCUT2D eigenvalue weighted by Gasteiger charge is -2.16. The molecule has 1 amide bonds. The molecule has 2 unspecified atom stereocenters. The summed E-state index contributed by atoms with van der Waals surface area (Å²) >= 11 is 0. The van der Waals surface area contributed by atoms with Gasteiger partial charge in [0.1, 0.15) is 0 Å². The van der Waals surface area contributed by atoms with Crippen LogP contribution in [0.3, 0.4) is 0 Å². The van der Waals surface area contributed by atoms with Gasteiger partial charge in [0.15, 0.2) is 0 Å². The van der Waals surface area contributed by atoms with Gasteiger partial charge in [0.25, 0.3) is 0 Å². The molecule has 2 atom stereocenters. The van der Waals surface area contributed by atoms with Crippen molar-refractivity contribution in [3.8, 4) is 0 Å². The number of likely N-dealkylation sites (tertiary alicyclic amines) is 1. The Bertz CT molecular complexity index is 193. The van der Waals surface area contributed by atoms with Crippen LogP contribution in [0.1, 0.15) is 26.2 Å². The summed E-state index contributed by atoms with van der Waals surface area (Å²) in [6, 6.07) is 0.598. The third-order valence-electron chi connectivity index (χ3n) is 3.18. The normalized spacial score (nSPS) is 32.2. The standard InChI is InChI=1S/C10H18N2O/c1-2-3-10(13)12-6-8-4-5-11-9(8)7-12/h8-9,11H,2-7H2,1H3. The van der Waals surface area contributed by atoms with Crippen LogP contribution in [-0.4, -0.2) is 36.5 Å². The fraction of sp³-hybridized carbons (Fsp3) is 0.900. The highest BCUT2D eigenvalue weighted by atomic mass is 16.2. The summed E-state index contributed by atoms with van der Waals surface area (Å²) in [6.45, 7) is 5.15. The first-order chi connectivity index (χ1) is 6.31. The van der Waals surface area contributed by atoms with E-state index in [9.17, 15) is 4.79 Å². The van der Waals surface area contributed by atoms with Crippen molar-refractivity contribution in [3.05, 3.63) is 0 Å². The quantitative estimate of drug-likeness (QED) is 0.678. The minimum Gasteiger partial charge on any atom is -0.341 e. The number of carbonyl (C=O) groups is 1. The third kappa shape index (κ3) is 1.70. The third-order valence-corrected chi connectivity index (χ3v) is 3.18. The lowest BCUT2D eigenvalue weighted by molar-refractivity contribution is -0.130. The summed E-state index contributed by atoms with van der Waals surface area (Å²) in [7, 11) is 0. The average Bonchev–Trinajstić information content (AvgIpc) is 2.61. The van der Waals surface area contributed by atoms with Gasteiger partial charge in [0.2, 0.25) is 5.91 Å². The molecule has 0 aromatic rings. The van der Waals surface area contributed by atoms with Crippen LogP contribution < -0.4 is 5.32 Å². The minimum atomic E-state index is 0.346. The molecule has 3 heteroatoms. The van der Waals surface area contributed by atoms with Gasteiger partial charge >= 0.3 is 0 Å². The van der Waals surface area contributed by atoms with Crippen molar-refractivity contribution in [2.75, 3.05) is 19.6 Å². The number of fused-ring (bicyclic) bond motifs is 1. The maximum Gasteiger partial charge on any atom is 0.222 e. The second-order valence-corrected chi connectivity index (χ2v) is 4.16. The van der Waals surface area contributed by atoms with Crippen LogP contribution in [0.4, 0.5) is 0 Å². The molecule has 0 bridgehead atoms. The molecule has 0 spiro atoms. The minimum absolute atomic E-state index is 0.346. The first-order valence-electron chi connectivity index (χ1n) is 5.32. The van der Waals surface area contributed by atoms with Crippen LogP contribution in [0.25, 0.3) is 0 Å². The summed E-state index contributed by atoms with van der Waals surface area (Å²) in [5, 5.41) is 3.45. The number of rotatable bonds is 2. The van der Waals surface area contributed by atoms with Gasteiger partial charge in [-0.25, -0.2) is 0 Å². The van der Waals surface area contributed by atoms with E-state index in [2.05, 4.69) is 12.2 Å². The molecule has 0 radical (unpaired) electrons. The Hall–Kier alpha value is -0.570. The maximum absolute atomic E-state index is 11.6. The largest absolute Gasteiger partial charge is 0.341 e. The van der Waals surface area contributed by atoms with Crippen LogP contribution in [0, 0.1) is 5.92 Å². The molecule has 2 heterocycles. The molecule has 0 saturated carbocycles. The first kappa shape index (κ1) is 9.00. The van der Waals surface area contributed by atoms with E-state index in [-0.39, 0.29) is 0 Å². The molecule has 0 aromatic carbocycles. The molecule has 0 aromatic heterocycles. The molecule has 2 aliphatic heterocycles. The van der Waals surface area contributed by atoms with Gasteiger partial charge in [0, 0.05) is 25.6 Å². The Morgan fingerprint density at radius 3 is 3.08 bits per heavy atom. The average molecular weight is 182 g/mol. The van der Waals surface area contributed by atoms with Crippen LogP contribution >= 0.6 is 0 Å². The zero-order valence-corrected chi connectivity index (χ0v) is 8.25. The molecule has 2 saturated heterocycles. The van der Waals surface area contributed by atoms with Gasteiger partial charge in [-0.1, -0.05) is 6.92 Å². The molecule has 2 aliphatic rings. The molecule has 2 rings (SSSR count). The van der Waals surface area contributed by atoms with Crippen LogP contribution in [0.5, 0.6) is 0 Å². The van der Waals surface area contributed by atoms with Gasteiger partial charge in [-0.15, -0.1) is 0 Å². The number of nitrogens with zero attached hydrogens (tertiary/aromatic N) is 1. The molecule has 0 aliphatic carbocycles. The summed E-state index contributed by atoms with van der Waals surface area (Å²) < 4.78 is 0. The number of nitrogens with one attached hydrogen (secondary N) is 1. The first-order valence-corrected chi connectivity index (χ1v) is 5.32. The van der Waals surface area contributed by atoms with E-state index in [0.717, 1.165) is 38.4 Å². The summed E-state index contributed by atoms with van der Waals surface area (Å²) in [6.07, 6.45) is 2.94. The van der Waals surface area contributed by atoms with E-state index in [4.69, 9.17) is 0 Å². The molecular formula is C10H18N2O. The van der Waals surface area contributed by atoms with Crippen LogP contribution in [-0.2, 0) is 4.79 Å². The zero-order valence-electron chi connectivity index (χ0n) is 8.25. The second-order valence-electron chi connectivity index (χ2n) is 4.16. The van der Waals surface area contributed by atoms with E-state index in [1.165, 1.54) is 6.42 Å². The highest BCUT2D eigenvalue weighted by Gasteiger charge is 2.37. The fourth-order valence-corrected chi connectivity index (χ4v) is 2.42. The molecule has 74 valence electrons. The SMILES string of the molecule is CCCC(=O)N1CC2CCNC2C1. The van der Waals surface area contributed by atoms with E-state index in [0.29, 0.717) is 11.9 Å². The second kappa shape index (κ2) is 3.66. The molecule has 2 fully saturated rings. The fourth-order valence-electron chi connectivity index (χ4n) is 2.42. The van der Waals surface area contributed by atoms with E-state index >= 15 is 0 Å². The molecule has 3 nitrogen and oxygen atoms in total. The Balaban J connectivity index is 1.87. The van der Waals surface area contributed by atoms with Crippen molar-refractivity contribution < 1.29 is 4.79 Å². The van der Waals surface area contributed by atoms with Gasteiger partial charge in [-0.05, 0) is 25.3 Å². The number of hydrogen-bond acceptors (Lipinski definition) is 2. The predicted molar refractivity (Wildman–Crippen MR) is 51.4 cm³/mol. The van der Waals surface area contributed by atoms with E-state index in [1.807, 2.05) is 4.90 Å². The summed E-state index contributed by atoms with van der Waals surface area (Å²) in [5.41, 5.74) is 0. The van der Waals surface area contributed by atoms with Crippen molar-refractivity contribution in [3.63, 3.8) is 0 Å². The predicted octanol–water partition coefficient (Wildman–Crippen LogP) is 0.607. The Morgan fingerprint density at radius 1 is 1.54 bits per heavy atom. The van der Waals surface area contributed by atoms with Crippen molar-refractivity contribution >= 4 is 5.91 Å². The van der Waals surface area contributed by atoms with E-state index in [1.54, 1.807) is 0 Å². The molecule has 13 heavy (non-hydrogen) atoms. The van der Waals surface area contributed by atoms with Crippen LogP contribution in [0.15, 0.2) is 0 Å². The van der Waals surface area contributed by atoms with Gasteiger partial charge in [0.05, 0.1) is 0 Å². The maximum atomic E-state index is 11.6. The van der Waals surface area contributed by atoms with Crippen molar-refractivity contribution in [1.29, 1.82) is 0 Å². The summed E-state index contributed by atoms with van der Waals surface area (Å²) in [4.78, 5) is 13.6. The lowest BCUT2D eigenvalue weighted by Crippen LogP contribution is -2.33. The highest BCUT2D eigenvalue weighted by molar-refractivity contribution is 5.76. The number of hydrogen-bond donors (Lipinski definition) is 1. The number of amides is 1.